The molecular formula is C16H17N5O3S. The van der Waals surface area contributed by atoms with E-state index in [0.717, 1.165) is 29.8 Å². The van der Waals surface area contributed by atoms with Crippen LogP contribution in [0.5, 0.6) is 0 Å². The van der Waals surface area contributed by atoms with E-state index >= 15 is 0 Å². The maximum absolute atomic E-state index is 12.5. The third kappa shape index (κ3) is 3.36. The quantitative estimate of drug-likeness (QED) is 0.514. The lowest BCUT2D eigenvalue weighted by Crippen LogP contribution is -2.12. The molecule has 3 rings (SSSR count). The lowest BCUT2D eigenvalue weighted by atomic mass is 10.2. The number of rotatable bonds is 6. The molecule has 0 saturated heterocycles. The predicted molar refractivity (Wildman–Crippen MR) is 96.2 cm³/mol. The Morgan fingerprint density at radius 2 is 2.20 bits per heavy atom. The Bertz CT molecular complexity index is 947. The Labute approximate surface area is 147 Å². The number of thiazole rings is 1. The standard InChI is InChI=1S/C16H17N5O3S/c1-3-5-12-13(4-2)25-16(17-12)18-15(22)14-10-8-9(21(23)24)6-7-11(10)19-20-14/h6-8H,3-5H2,1-2H3,(H,19,20)(H,17,18,22). The summed E-state index contributed by atoms with van der Waals surface area (Å²) in [6, 6.07) is 4.25. The van der Waals surface area contributed by atoms with Crippen molar-refractivity contribution >= 4 is 39.0 Å². The lowest BCUT2D eigenvalue weighted by Gasteiger charge is -1.99. The molecule has 0 bridgehead atoms. The number of aryl methyl sites for hydroxylation is 2. The molecule has 130 valence electrons. The fourth-order valence-corrected chi connectivity index (χ4v) is 3.53. The smallest absolute Gasteiger partial charge is 0.278 e. The van der Waals surface area contributed by atoms with Gasteiger partial charge in [0.1, 0.15) is 0 Å². The predicted octanol–water partition coefficient (Wildman–Crippen LogP) is 3.69. The van der Waals surface area contributed by atoms with Gasteiger partial charge in [0.2, 0.25) is 0 Å². The number of non-ortho nitro benzene ring substituents is 1. The monoisotopic (exact) mass is 359 g/mol. The average molecular weight is 359 g/mol. The largest absolute Gasteiger partial charge is 0.296 e. The van der Waals surface area contributed by atoms with Crippen molar-refractivity contribution in [3.8, 4) is 0 Å². The van der Waals surface area contributed by atoms with Crippen LogP contribution in [0, 0.1) is 10.1 Å². The van der Waals surface area contributed by atoms with Gasteiger partial charge in [-0.1, -0.05) is 20.3 Å². The fraction of sp³-hybridized carbons (Fsp3) is 0.312. The second-order valence-electron chi connectivity index (χ2n) is 5.51. The van der Waals surface area contributed by atoms with Gasteiger partial charge in [0.15, 0.2) is 10.8 Å². The number of fused-ring (bicyclic) bond motifs is 1. The highest BCUT2D eigenvalue weighted by atomic mass is 32.1. The molecule has 0 aliphatic carbocycles. The first-order valence-corrected chi connectivity index (χ1v) is 8.77. The molecule has 2 N–H and O–H groups in total. The van der Waals surface area contributed by atoms with Gasteiger partial charge in [-0.3, -0.25) is 25.3 Å². The van der Waals surface area contributed by atoms with Gasteiger partial charge >= 0.3 is 0 Å². The van der Waals surface area contributed by atoms with Crippen LogP contribution in [0.1, 0.15) is 41.3 Å². The Kier molecular flexibility index (Phi) is 4.75. The van der Waals surface area contributed by atoms with Crippen LogP contribution < -0.4 is 5.32 Å². The number of carbonyl (C=O) groups is 1. The SMILES string of the molecule is CCCc1nc(NC(=O)c2n[nH]c3ccc([N+](=O)[O-])cc23)sc1CC. The van der Waals surface area contributed by atoms with Crippen molar-refractivity contribution in [2.75, 3.05) is 5.32 Å². The zero-order valence-electron chi connectivity index (χ0n) is 13.8. The molecule has 0 atom stereocenters. The third-order valence-corrected chi connectivity index (χ3v) is 4.94. The molecule has 25 heavy (non-hydrogen) atoms. The molecule has 0 aliphatic rings. The summed E-state index contributed by atoms with van der Waals surface area (Å²) in [6.07, 6.45) is 2.71. The van der Waals surface area contributed by atoms with E-state index in [-0.39, 0.29) is 11.4 Å². The molecule has 0 unspecified atom stereocenters. The number of H-pyrrole nitrogens is 1. The maximum atomic E-state index is 12.5. The van der Waals surface area contributed by atoms with Gasteiger partial charge in [0.25, 0.3) is 11.6 Å². The van der Waals surface area contributed by atoms with E-state index in [0.29, 0.717) is 16.0 Å². The summed E-state index contributed by atoms with van der Waals surface area (Å²) in [5.41, 5.74) is 1.60. The molecule has 1 aromatic carbocycles. The Morgan fingerprint density at radius 1 is 1.40 bits per heavy atom. The number of nitro benzene ring substituents is 1. The summed E-state index contributed by atoms with van der Waals surface area (Å²) in [7, 11) is 0. The van der Waals surface area contributed by atoms with E-state index in [1.54, 1.807) is 0 Å². The van der Waals surface area contributed by atoms with Crippen molar-refractivity contribution in [2.24, 2.45) is 0 Å². The number of hydrogen-bond donors (Lipinski definition) is 2. The number of aromatic nitrogens is 3. The first-order valence-electron chi connectivity index (χ1n) is 7.95. The molecule has 0 aliphatic heterocycles. The van der Waals surface area contributed by atoms with Crippen LogP contribution in [-0.4, -0.2) is 26.0 Å². The lowest BCUT2D eigenvalue weighted by molar-refractivity contribution is -0.384. The highest BCUT2D eigenvalue weighted by Crippen LogP contribution is 2.26. The van der Waals surface area contributed by atoms with Crippen molar-refractivity contribution in [1.82, 2.24) is 15.2 Å². The second kappa shape index (κ2) is 6.98. The zero-order valence-corrected chi connectivity index (χ0v) is 14.6. The van der Waals surface area contributed by atoms with Crippen molar-refractivity contribution in [2.45, 2.75) is 33.1 Å². The van der Waals surface area contributed by atoms with Crippen molar-refractivity contribution in [3.05, 3.63) is 44.6 Å². The number of aromatic amines is 1. The molecule has 9 heteroatoms. The van der Waals surface area contributed by atoms with Crippen molar-refractivity contribution < 1.29 is 9.72 Å². The van der Waals surface area contributed by atoms with Gasteiger partial charge in [-0.05, 0) is 18.9 Å². The number of nitro groups is 1. The maximum Gasteiger partial charge on any atom is 0.278 e. The van der Waals surface area contributed by atoms with Gasteiger partial charge < -0.3 is 0 Å². The number of hydrogen-bond acceptors (Lipinski definition) is 6. The highest BCUT2D eigenvalue weighted by molar-refractivity contribution is 7.15. The Balaban J connectivity index is 1.90. The summed E-state index contributed by atoms with van der Waals surface area (Å²) in [6.45, 7) is 4.14. The minimum absolute atomic E-state index is 0.0873. The molecule has 0 saturated carbocycles. The molecule has 0 radical (unpaired) electrons. The summed E-state index contributed by atoms with van der Waals surface area (Å²) in [5.74, 6) is -0.439. The van der Waals surface area contributed by atoms with Gasteiger partial charge in [0, 0.05) is 22.4 Å². The summed E-state index contributed by atoms with van der Waals surface area (Å²) in [5, 5.41) is 21.3. The van der Waals surface area contributed by atoms with E-state index < -0.39 is 10.8 Å². The van der Waals surface area contributed by atoms with E-state index in [1.807, 2.05) is 0 Å². The van der Waals surface area contributed by atoms with Gasteiger partial charge in [0.05, 0.1) is 16.1 Å². The molecule has 1 amide bonds. The van der Waals surface area contributed by atoms with Crippen LogP contribution in [0.4, 0.5) is 10.8 Å². The van der Waals surface area contributed by atoms with E-state index in [9.17, 15) is 14.9 Å². The van der Waals surface area contributed by atoms with Gasteiger partial charge in [-0.2, -0.15) is 5.10 Å². The van der Waals surface area contributed by atoms with Crippen LogP contribution >= 0.6 is 11.3 Å². The molecular weight excluding hydrogens is 342 g/mol. The van der Waals surface area contributed by atoms with E-state index in [2.05, 4.69) is 34.3 Å². The highest BCUT2D eigenvalue weighted by Gasteiger charge is 2.19. The molecule has 0 fully saturated rings. The minimum Gasteiger partial charge on any atom is -0.296 e. The van der Waals surface area contributed by atoms with Crippen LogP contribution in [-0.2, 0) is 12.8 Å². The Hall–Kier alpha value is -2.81. The number of amides is 1. The number of carbonyl (C=O) groups excluding carboxylic acids is 1. The van der Waals surface area contributed by atoms with Crippen LogP contribution in [0.15, 0.2) is 18.2 Å². The third-order valence-electron chi connectivity index (χ3n) is 3.78. The average Bonchev–Trinajstić information content (AvgIpc) is 3.18. The number of anilines is 1. The number of benzene rings is 1. The molecule has 2 aromatic heterocycles. The molecule has 2 heterocycles. The first-order chi connectivity index (χ1) is 12.0. The van der Waals surface area contributed by atoms with Gasteiger partial charge in [-0.25, -0.2) is 4.98 Å². The molecule has 0 spiro atoms. The van der Waals surface area contributed by atoms with Gasteiger partial charge in [-0.15, -0.1) is 11.3 Å². The number of nitrogens with zero attached hydrogens (tertiary/aromatic N) is 3. The van der Waals surface area contributed by atoms with Crippen molar-refractivity contribution in [3.63, 3.8) is 0 Å². The van der Waals surface area contributed by atoms with E-state index in [4.69, 9.17) is 0 Å². The van der Waals surface area contributed by atoms with Crippen LogP contribution in [0.2, 0.25) is 0 Å². The van der Waals surface area contributed by atoms with E-state index in [1.165, 1.54) is 29.5 Å². The second-order valence-corrected chi connectivity index (χ2v) is 6.59. The van der Waals surface area contributed by atoms with Crippen molar-refractivity contribution in [1.29, 1.82) is 0 Å². The number of nitrogens with one attached hydrogen (secondary N) is 2. The molecule has 3 aromatic rings. The fourth-order valence-electron chi connectivity index (χ4n) is 2.59. The summed E-state index contributed by atoms with van der Waals surface area (Å²) in [4.78, 5) is 28.6. The molecule has 8 nitrogen and oxygen atoms in total. The summed E-state index contributed by atoms with van der Waals surface area (Å²) < 4.78 is 0. The first kappa shape index (κ1) is 17.0. The normalized spacial score (nSPS) is 11.0. The topological polar surface area (TPSA) is 114 Å². The Morgan fingerprint density at radius 3 is 2.88 bits per heavy atom. The summed E-state index contributed by atoms with van der Waals surface area (Å²) >= 11 is 1.45. The van der Waals surface area contributed by atoms with Crippen LogP contribution in [0.25, 0.3) is 10.9 Å². The minimum atomic E-state index is -0.500. The zero-order chi connectivity index (χ0) is 18.0. The van der Waals surface area contributed by atoms with Crippen LogP contribution in [0.3, 0.4) is 0 Å².